The van der Waals surface area contributed by atoms with Crippen molar-refractivity contribution in [2.75, 3.05) is 13.7 Å². The Morgan fingerprint density at radius 1 is 1.24 bits per heavy atom. The number of ether oxygens (including phenoxy) is 2. The molecule has 1 aromatic carbocycles. The lowest BCUT2D eigenvalue weighted by Crippen LogP contribution is -2.15. The largest absolute Gasteiger partial charge is 0.497 e. The first-order chi connectivity index (χ1) is 8.17. The summed E-state index contributed by atoms with van der Waals surface area (Å²) < 4.78 is 9.49. The van der Waals surface area contributed by atoms with Gasteiger partial charge in [-0.15, -0.1) is 0 Å². The lowest BCUT2D eigenvalue weighted by molar-refractivity contribution is -0.150. The Hall–Kier alpha value is -2.28. The van der Waals surface area contributed by atoms with Crippen LogP contribution in [0.15, 0.2) is 24.3 Å². The van der Waals surface area contributed by atoms with Gasteiger partial charge in [-0.05, 0) is 37.1 Å². The minimum absolute atomic E-state index is 0.161. The molecule has 0 spiro atoms. The Morgan fingerprint density at radius 2 is 1.88 bits per heavy atom. The van der Waals surface area contributed by atoms with Crippen molar-refractivity contribution in [2.45, 2.75) is 6.92 Å². The van der Waals surface area contributed by atoms with Gasteiger partial charge in [-0.2, -0.15) is 0 Å². The van der Waals surface area contributed by atoms with Gasteiger partial charge < -0.3 is 9.47 Å². The Morgan fingerprint density at radius 3 is 2.41 bits per heavy atom. The molecule has 17 heavy (non-hydrogen) atoms. The van der Waals surface area contributed by atoms with E-state index in [-0.39, 0.29) is 6.61 Å². The van der Waals surface area contributed by atoms with Gasteiger partial charge in [0.25, 0.3) is 0 Å². The van der Waals surface area contributed by atoms with Crippen LogP contribution >= 0.6 is 0 Å². The fourth-order valence-electron chi connectivity index (χ4n) is 1.05. The zero-order valence-corrected chi connectivity index (χ0v) is 9.65. The lowest BCUT2D eigenvalue weighted by Gasteiger charge is -1.97. The predicted octanol–water partition coefficient (Wildman–Crippen LogP) is 1.18. The summed E-state index contributed by atoms with van der Waals surface area (Å²) >= 11 is 0. The highest BCUT2D eigenvalue weighted by Crippen LogP contribution is 2.09. The molecule has 0 fully saturated rings. The minimum Gasteiger partial charge on any atom is -0.497 e. The van der Waals surface area contributed by atoms with Crippen molar-refractivity contribution in [1.82, 2.24) is 0 Å². The molecule has 0 aliphatic heterocycles. The molecule has 0 aliphatic carbocycles. The van der Waals surface area contributed by atoms with Gasteiger partial charge in [-0.1, -0.05) is 5.92 Å². The van der Waals surface area contributed by atoms with Crippen LogP contribution in [0.25, 0.3) is 0 Å². The van der Waals surface area contributed by atoms with E-state index in [1.165, 1.54) is 0 Å². The van der Waals surface area contributed by atoms with Crippen LogP contribution in [0.2, 0.25) is 0 Å². The van der Waals surface area contributed by atoms with Crippen LogP contribution in [0, 0.1) is 11.8 Å². The van der Waals surface area contributed by atoms with Crippen LogP contribution in [0.5, 0.6) is 5.75 Å². The fraction of sp³-hybridized carbons (Fsp3) is 0.231. The third-order valence-electron chi connectivity index (χ3n) is 1.87. The maximum absolute atomic E-state index is 11.2. The second-order valence-electron chi connectivity index (χ2n) is 3.03. The standard InChI is InChI=1S/C13H12O4/c1-3-17-13(15)12(14)9-6-10-4-7-11(16-2)8-5-10/h4-5,7-8H,3H2,1-2H3. The third-order valence-corrected chi connectivity index (χ3v) is 1.87. The summed E-state index contributed by atoms with van der Waals surface area (Å²) in [7, 11) is 1.56. The van der Waals surface area contributed by atoms with Gasteiger partial charge in [0.15, 0.2) is 0 Å². The van der Waals surface area contributed by atoms with Crippen molar-refractivity contribution in [3.63, 3.8) is 0 Å². The summed E-state index contributed by atoms with van der Waals surface area (Å²) in [6.07, 6.45) is 0. The molecule has 0 saturated heterocycles. The monoisotopic (exact) mass is 232 g/mol. The summed E-state index contributed by atoms with van der Waals surface area (Å²) in [6.45, 7) is 1.79. The van der Waals surface area contributed by atoms with E-state index in [0.29, 0.717) is 11.3 Å². The summed E-state index contributed by atoms with van der Waals surface area (Å²) in [5, 5.41) is 0. The van der Waals surface area contributed by atoms with E-state index in [4.69, 9.17) is 4.74 Å². The first-order valence-corrected chi connectivity index (χ1v) is 5.04. The molecule has 0 heterocycles. The van der Waals surface area contributed by atoms with Crippen molar-refractivity contribution in [1.29, 1.82) is 0 Å². The molecule has 0 aliphatic rings. The molecule has 0 N–H and O–H groups in total. The average Bonchev–Trinajstić information content (AvgIpc) is 2.36. The van der Waals surface area contributed by atoms with E-state index in [1.54, 1.807) is 38.3 Å². The van der Waals surface area contributed by atoms with Gasteiger partial charge in [-0.3, -0.25) is 4.79 Å². The molecule has 0 unspecified atom stereocenters. The fourth-order valence-corrected chi connectivity index (χ4v) is 1.05. The molecular weight excluding hydrogens is 220 g/mol. The highest BCUT2D eigenvalue weighted by atomic mass is 16.5. The molecule has 0 aromatic heterocycles. The van der Waals surface area contributed by atoms with Crippen LogP contribution in [0.4, 0.5) is 0 Å². The first kappa shape index (κ1) is 12.8. The SMILES string of the molecule is CCOC(=O)C(=O)C#Cc1ccc(OC)cc1. The Bertz CT molecular complexity index is 462. The number of benzene rings is 1. The first-order valence-electron chi connectivity index (χ1n) is 5.04. The van der Waals surface area contributed by atoms with Crippen LogP contribution < -0.4 is 4.74 Å². The predicted molar refractivity (Wildman–Crippen MR) is 61.5 cm³/mol. The number of methoxy groups -OCH3 is 1. The van der Waals surface area contributed by atoms with Gasteiger partial charge >= 0.3 is 11.8 Å². The van der Waals surface area contributed by atoms with Gasteiger partial charge in [0.2, 0.25) is 0 Å². The van der Waals surface area contributed by atoms with Gasteiger partial charge in [0.1, 0.15) is 5.75 Å². The zero-order valence-electron chi connectivity index (χ0n) is 9.65. The number of esters is 1. The molecule has 4 nitrogen and oxygen atoms in total. The summed E-state index contributed by atoms with van der Waals surface area (Å²) in [5.41, 5.74) is 0.628. The molecule has 1 rings (SSSR count). The van der Waals surface area contributed by atoms with E-state index < -0.39 is 11.8 Å². The van der Waals surface area contributed by atoms with Crippen LogP contribution in [-0.4, -0.2) is 25.5 Å². The average molecular weight is 232 g/mol. The topological polar surface area (TPSA) is 52.6 Å². The number of hydrogen-bond donors (Lipinski definition) is 0. The van der Waals surface area contributed by atoms with E-state index in [1.807, 2.05) is 0 Å². The smallest absolute Gasteiger partial charge is 0.388 e. The van der Waals surface area contributed by atoms with Gasteiger partial charge in [0.05, 0.1) is 13.7 Å². The van der Waals surface area contributed by atoms with Crippen LogP contribution in [0.3, 0.4) is 0 Å². The Kier molecular flexibility index (Phi) is 4.77. The quantitative estimate of drug-likeness (QED) is 0.446. The lowest BCUT2D eigenvalue weighted by atomic mass is 10.2. The molecular formula is C13H12O4. The highest BCUT2D eigenvalue weighted by molar-refractivity contribution is 6.40. The number of hydrogen-bond acceptors (Lipinski definition) is 4. The number of Topliss-reactive ketones (excluding diaryl/α,β-unsaturated/α-hetero) is 1. The van der Waals surface area contributed by atoms with Crippen molar-refractivity contribution >= 4 is 11.8 Å². The van der Waals surface area contributed by atoms with Crippen molar-refractivity contribution < 1.29 is 19.1 Å². The van der Waals surface area contributed by atoms with Gasteiger partial charge in [0, 0.05) is 5.56 Å². The van der Waals surface area contributed by atoms with Gasteiger partial charge in [-0.25, -0.2) is 4.79 Å². The van der Waals surface area contributed by atoms with Crippen LogP contribution in [0.1, 0.15) is 12.5 Å². The highest BCUT2D eigenvalue weighted by Gasteiger charge is 2.10. The van der Waals surface area contributed by atoms with E-state index in [9.17, 15) is 9.59 Å². The normalized spacial score (nSPS) is 8.82. The maximum atomic E-state index is 11.2. The minimum atomic E-state index is -0.923. The molecule has 4 heteroatoms. The molecule has 0 amide bonds. The molecule has 0 radical (unpaired) electrons. The molecule has 0 atom stereocenters. The molecule has 0 bridgehead atoms. The molecule has 88 valence electrons. The van der Waals surface area contributed by atoms with E-state index >= 15 is 0 Å². The van der Waals surface area contributed by atoms with Crippen molar-refractivity contribution in [3.8, 4) is 17.6 Å². The van der Waals surface area contributed by atoms with E-state index in [2.05, 4.69) is 16.6 Å². The third kappa shape index (κ3) is 3.99. The second-order valence-corrected chi connectivity index (χ2v) is 3.03. The van der Waals surface area contributed by atoms with E-state index in [0.717, 1.165) is 0 Å². The number of ketones is 1. The second kappa shape index (κ2) is 6.33. The number of carbonyl (C=O) groups is 2. The summed E-state index contributed by atoms with van der Waals surface area (Å²) in [4.78, 5) is 22.1. The van der Waals surface area contributed by atoms with Crippen molar-refractivity contribution in [3.05, 3.63) is 29.8 Å². The van der Waals surface area contributed by atoms with Crippen molar-refractivity contribution in [2.24, 2.45) is 0 Å². The Balaban J connectivity index is 2.70. The number of carbonyl (C=O) groups excluding carboxylic acids is 2. The van der Waals surface area contributed by atoms with Crippen LogP contribution in [-0.2, 0) is 14.3 Å². The summed E-state index contributed by atoms with van der Waals surface area (Å²) in [5.74, 6) is 3.73. The molecule has 1 aromatic rings. The maximum Gasteiger partial charge on any atom is 0.388 e. The number of rotatable bonds is 3. The summed E-state index contributed by atoms with van der Waals surface area (Å²) in [6, 6.07) is 6.84. The molecule has 0 saturated carbocycles. The Labute approximate surface area is 99.5 Å². The zero-order chi connectivity index (χ0) is 12.7.